The summed E-state index contributed by atoms with van der Waals surface area (Å²) in [6.45, 7) is 3.81. The van der Waals surface area contributed by atoms with Gasteiger partial charge in [0, 0.05) is 5.56 Å². The van der Waals surface area contributed by atoms with E-state index in [4.69, 9.17) is 10.4 Å². The lowest BCUT2D eigenvalue weighted by Gasteiger charge is -2.11. The van der Waals surface area contributed by atoms with E-state index in [1.807, 2.05) is 6.07 Å². The van der Waals surface area contributed by atoms with Crippen molar-refractivity contribution >= 4 is 11.6 Å². The minimum absolute atomic E-state index is 0.0986. The number of hydrogen-bond donors (Lipinski definition) is 3. The largest absolute Gasteiger partial charge is 0.508 e. The number of carbonyl (C=O) groups is 1. The zero-order valence-electron chi connectivity index (χ0n) is 11.1. The fourth-order valence-electron chi connectivity index (χ4n) is 1.64. The summed E-state index contributed by atoms with van der Waals surface area (Å²) in [6.07, 6.45) is 0. The Bertz CT molecular complexity index is 698. The number of aromatic hydroxyl groups is 1. The average molecular weight is 279 g/mol. The highest BCUT2D eigenvalue weighted by Crippen LogP contribution is 2.11. The second-order valence-corrected chi connectivity index (χ2v) is 4.29. The number of benzene rings is 2. The van der Waals surface area contributed by atoms with E-state index in [1.54, 1.807) is 24.3 Å². The van der Waals surface area contributed by atoms with Crippen molar-refractivity contribution in [3.8, 4) is 11.8 Å². The normalized spacial score (nSPS) is 9.48. The third-order valence-electron chi connectivity index (χ3n) is 2.82. The third kappa shape index (κ3) is 3.61. The van der Waals surface area contributed by atoms with Crippen LogP contribution in [0.2, 0.25) is 0 Å². The number of carbonyl (C=O) groups excluding carboxylic acids is 1. The topological polar surface area (TPSA) is 85.2 Å². The van der Waals surface area contributed by atoms with Crippen molar-refractivity contribution in [3.63, 3.8) is 0 Å². The molecule has 0 saturated heterocycles. The van der Waals surface area contributed by atoms with E-state index in [0.29, 0.717) is 16.8 Å². The molecule has 0 heterocycles. The van der Waals surface area contributed by atoms with Crippen molar-refractivity contribution in [1.29, 1.82) is 5.26 Å². The lowest BCUT2D eigenvalue weighted by Crippen LogP contribution is -2.35. The molecule has 0 bridgehead atoms. The van der Waals surface area contributed by atoms with Crippen molar-refractivity contribution in [2.45, 2.75) is 0 Å². The zero-order chi connectivity index (χ0) is 15.2. The predicted octanol–water partition coefficient (Wildman–Crippen LogP) is 2.17. The first-order valence-electron chi connectivity index (χ1n) is 6.15. The first-order chi connectivity index (χ1) is 10.1. The van der Waals surface area contributed by atoms with Gasteiger partial charge in [-0.05, 0) is 42.0 Å². The van der Waals surface area contributed by atoms with Gasteiger partial charge in [0.05, 0.1) is 17.3 Å². The molecule has 0 aromatic heterocycles. The van der Waals surface area contributed by atoms with Gasteiger partial charge in [-0.3, -0.25) is 15.6 Å². The molecule has 2 rings (SSSR count). The lowest BCUT2D eigenvalue weighted by atomic mass is 10.1. The van der Waals surface area contributed by atoms with Gasteiger partial charge in [-0.2, -0.15) is 5.26 Å². The van der Waals surface area contributed by atoms with Crippen molar-refractivity contribution in [3.05, 3.63) is 71.8 Å². The van der Waals surface area contributed by atoms with Gasteiger partial charge in [0.1, 0.15) is 5.75 Å². The molecule has 5 nitrogen and oxygen atoms in total. The molecule has 2 aromatic carbocycles. The summed E-state index contributed by atoms with van der Waals surface area (Å²) in [6, 6.07) is 14.7. The van der Waals surface area contributed by atoms with Crippen molar-refractivity contribution < 1.29 is 9.90 Å². The molecule has 3 N–H and O–H groups in total. The Morgan fingerprint density at radius 2 is 1.57 bits per heavy atom. The van der Waals surface area contributed by atoms with Crippen LogP contribution in [-0.2, 0) is 0 Å². The van der Waals surface area contributed by atoms with Gasteiger partial charge in [0.25, 0.3) is 5.91 Å². The van der Waals surface area contributed by atoms with E-state index in [2.05, 4.69) is 17.4 Å². The molecule has 0 unspecified atom stereocenters. The maximum Gasteiger partial charge on any atom is 0.269 e. The van der Waals surface area contributed by atoms with E-state index in [1.165, 1.54) is 24.3 Å². The summed E-state index contributed by atoms with van der Waals surface area (Å²) in [7, 11) is 0. The summed E-state index contributed by atoms with van der Waals surface area (Å²) in [5.74, 6) is -0.244. The van der Waals surface area contributed by atoms with E-state index in [0.717, 1.165) is 5.56 Å². The SMILES string of the molecule is C=C(NNC(=O)c1ccc(O)cc1)c1ccc(C#N)cc1. The Morgan fingerprint density at radius 3 is 2.14 bits per heavy atom. The average Bonchev–Trinajstić information content (AvgIpc) is 2.53. The van der Waals surface area contributed by atoms with Crippen LogP contribution < -0.4 is 10.9 Å². The van der Waals surface area contributed by atoms with Crippen LogP contribution in [0, 0.1) is 11.3 Å². The highest BCUT2D eigenvalue weighted by atomic mass is 16.3. The van der Waals surface area contributed by atoms with Crippen LogP contribution in [0.5, 0.6) is 5.75 Å². The number of phenols is 1. The fourth-order valence-corrected chi connectivity index (χ4v) is 1.64. The highest BCUT2D eigenvalue weighted by molar-refractivity contribution is 5.94. The molecule has 0 aliphatic rings. The first kappa shape index (κ1) is 14.2. The molecule has 1 amide bonds. The summed E-state index contributed by atoms with van der Waals surface area (Å²) in [4.78, 5) is 11.9. The molecule has 0 aliphatic heterocycles. The van der Waals surface area contributed by atoms with E-state index in [9.17, 15) is 4.79 Å². The Kier molecular flexibility index (Phi) is 4.22. The quantitative estimate of drug-likeness (QED) is 0.749. The molecule has 0 aliphatic carbocycles. The Labute approximate surface area is 122 Å². The fraction of sp³-hybridized carbons (Fsp3) is 0. The number of hydrazine groups is 1. The van der Waals surface area contributed by atoms with Crippen molar-refractivity contribution in [1.82, 2.24) is 10.9 Å². The number of rotatable bonds is 4. The molecule has 0 spiro atoms. The van der Waals surface area contributed by atoms with Gasteiger partial charge >= 0.3 is 0 Å². The minimum atomic E-state index is -0.343. The molecule has 21 heavy (non-hydrogen) atoms. The van der Waals surface area contributed by atoms with Gasteiger partial charge in [-0.25, -0.2) is 0 Å². The van der Waals surface area contributed by atoms with Crippen LogP contribution in [0.15, 0.2) is 55.1 Å². The van der Waals surface area contributed by atoms with Crippen molar-refractivity contribution in [2.75, 3.05) is 0 Å². The predicted molar refractivity (Wildman–Crippen MR) is 78.9 cm³/mol. The van der Waals surface area contributed by atoms with Crippen molar-refractivity contribution in [2.24, 2.45) is 0 Å². The number of phenolic OH excluding ortho intramolecular Hbond substituents is 1. The summed E-state index contributed by atoms with van der Waals surface area (Å²) < 4.78 is 0. The minimum Gasteiger partial charge on any atom is -0.508 e. The Hall–Kier alpha value is -3.26. The Morgan fingerprint density at radius 1 is 1.00 bits per heavy atom. The maximum absolute atomic E-state index is 11.9. The van der Waals surface area contributed by atoms with E-state index < -0.39 is 0 Å². The lowest BCUT2D eigenvalue weighted by molar-refractivity contribution is 0.0942. The number of nitrogens with one attached hydrogen (secondary N) is 2. The monoisotopic (exact) mass is 279 g/mol. The maximum atomic E-state index is 11.9. The molecule has 0 fully saturated rings. The van der Waals surface area contributed by atoms with E-state index >= 15 is 0 Å². The first-order valence-corrected chi connectivity index (χ1v) is 6.15. The number of nitrogens with zero attached hydrogens (tertiary/aromatic N) is 1. The number of hydrogen-bond acceptors (Lipinski definition) is 4. The highest BCUT2D eigenvalue weighted by Gasteiger charge is 2.05. The van der Waals surface area contributed by atoms with Gasteiger partial charge in [0.2, 0.25) is 0 Å². The van der Waals surface area contributed by atoms with Crippen LogP contribution in [0.3, 0.4) is 0 Å². The number of amides is 1. The van der Waals surface area contributed by atoms with Gasteiger partial charge in [0.15, 0.2) is 0 Å². The molecular weight excluding hydrogens is 266 g/mol. The van der Waals surface area contributed by atoms with Gasteiger partial charge < -0.3 is 5.11 Å². The summed E-state index contributed by atoms with van der Waals surface area (Å²) >= 11 is 0. The molecule has 104 valence electrons. The summed E-state index contributed by atoms with van der Waals surface area (Å²) in [5.41, 5.74) is 7.46. The summed E-state index contributed by atoms with van der Waals surface area (Å²) in [5, 5.41) is 17.9. The second kappa shape index (κ2) is 6.26. The van der Waals surface area contributed by atoms with E-state index in [-0.39, 0.29) is 11.7 Å². The molecule has 0 atom stereocenters. The molecule has 0 saturated carbocycles. The smallest absolute Gasteiger partial charge is 0.269 e. The molecular formula is C16H13N3O2. The molecule has 2 aromatic rings. The second-order valence-electron chi connectivity index (χ2n) is 4.29. The number of nitriles is 1. The van der Waals surface area contributed by atoms with Crippen LogP contribution in [0.1, 0.15) is 21.5 Å². The van der Waals surface area contributed by atoms with Crippen LogP contribution in [-0.4, -0.2) is 11.0 Å². The van der Waals surface area contributed by atoms with Gasteiger partial charge in [-0.15, -0.1) is 0 Å². The van der Waals surface area contributed by atoms with Crippen LogP contribution in [0.4, 0.5) is 0 Å². The van der Waals surface area contributed by atoms with Crippen LogP contribution >= 0.6 is 0 Å². The standard InChI is InChI=1S/C16H13N3O2/c1-11(13-4-2-12(10-17)3-5-13)18-19-16(21)14-6-8-15(20)9-7-14/h2-9,18,20H,1H2,(H,19,21). The third-order valence-corrected chi connectivity index (χ3v) is 2.82. The van der Waals surface area contributed by atoms with Gasteiger partial charge in [-0.1, -0.05) is 18.7 Å². The van der Waals surface area contributed by atoms with Crippen LogP contribution in [0.25, 0.3) is 5.70 Å². The Balaban J connectivity index is 1.95. The molecule has 5 heteroatoms. The molecule has 0 radical (unpaired) electrons. The zero-order valence-corrected chi connectivity index (χ0v) is 11.1.